The van der Waals surface area contributed by atoms with Crippen molar-refractivity contribution in [2.75, 3.05) is 40.9 Å². The summed E-state index contributed by atoms with van der Waals surface area (Å²) >= 11 is 0. The molecular formula is C61H121N2O7P. The lowest BCUT2D eigenvalue weighted by Gasteiger charge is -2.30. The number of phosphoric acid groups is 1. The fourth-order valence-electron chi connectivity index (χ4n) is 9.41. The molecule has 0 radical (unpaired) electrons. The van der Waals surface area contributed by atoms with E-state index in [1.54, 1.807) is 0 Å². The van der Waals surface area contributed by atoms with E-state index in [1.807, 2.05) is 33.3 Å². The van der Waals surface area contributed by atoms with E-state index in [2.05, 4.69) is 26.1 Å². The molecule has 0 bridgehead atoms. The fourth-order valence-corrected chi connectivity index (χ4v) is 10.1. The fraction of sp³-hybridized carbons (Fsp3) is 0.934. The molecule has 9 nitrogen and oxygen atoms in total. The molecule has 0 spiro atoms. The zero-order valence-electron chi connectivity index (χ0n) is 48.2. The summed E-state index contributed by atoms with van der Waals surface area (Å²) in [6.07, 6.45) is 58.8. The molecular weight excluding hydrogens is 904 g/mol. The van der Waals surface area contributed by atoms with Gasteiger partial charge in [0.2, 0.25) is 5.91 Å². The van der Waals surface area contributed by atoms with E-state index in [-0.39, 0.29) is 31.5 Å². The lowest BCUT2D eigenvalue weighted by atomic mass is 10.0. The molecule has 3 atom stereocenters. The van der Waals surface area contributed by atoms with Crippen LogP contribution in [0.3, 0.4) is 0 Å². The van der Waals surface area contributed by atoms with Crippen molar-refractivity contribution in [1.82, 2.24) is 5.32 Å². The number of hydrogen-bond donors (Lipinski definition) is 1. The second-order valence-corrected chi connectivity index (χ2v) is 24.0. The topological polar surface area (TPSA) is 114 Å². The van der Waals surface area contributed by atoms with Gasteiger partial charge in [-0.15, -0.1) is 0 Å². The number of carbonyl (C=O) groups is 2. The molecule has 422 valence electrons. The lowest BCUT2D eigenvalue weighted by molar-refractivity contribution is -0.870. The van der Waals surface area contributed by atoms with Gasteiger partial charge in [0.1, 0.15) is 19.3 Å². The average Bonchev–Trinajstić information content (AvgIpc) is 3.33. The van der Waals surface area contributed by atoms with Gasteiger partial charge in [-0.2, -0.15) is 0 Å². The van der Waals surface area contributed by atoms with Crippen molar-refractivity contribution in [3.05, 3.63) is 12.2 Å². The van der Waals surface area contributed by atoms with Gasteiger partial charge in [-0.25, -0.2) is 0 Å². The van der Waals surface area contributed by atoms with Crippen molar-refractivity contribution in [2.24, 2.45) is 0 Å². The third kappa shape index (κ3) is 53.4. The number of ether oxygens (including phenoxy) is 1. The highest BCUT2D eigenvalue weighted by Crippen LogP contribution is 2.38. The number of allylic oxidation sites excluding steroid dienone is 1. The van der Waals surface area contributed by atoms with Gasteiger partial charge >= 0.3 is 5.97 Å². The van der Waals surface area contributed by atoms with Crippen LogP contribution in [0.5, 0.6) is 0 Å². The van der Waals surface area contributed by atoms with E-state index in [0.717, 1.165) is 57.8 Å². The van der Waals surface area contributed by atoms with Crippen LogP contribution < -0.4 is 10.2 Å². The monoisotopic (exact) mass is 1020 g/mol. The molecule has 0 aliphatic rings. The first-order valence-corrected chi connectivity index (χ1v) is 32.5. The minimum atomic E-state index is -4.69. The predicted molar refractivity (Wildman–Crippen MR) is 303 cm³/mol. The average molecular weight is 1030 g/mol. The number of unbranched alkanes of at least 4 members (excludes halogenated alkanes) is 41. The second-order valence-electron chi connectivity index (χ2n) is 22.6. The number of quaternary nitrogens is 1. The number of esters is 1. The van der Waals surface area contributed by atoms with Gasteiger partial charge in [-0.3, -0.25) is 14.2 Å². The Morgan fingerprint density at radius 2 is 0.803 bits per heavy atom. The number of phosphoric ester groups is 1. The molecule has 0 rings (SSSR count). The normalized spacial score (nSPS) is 13.7. The van der Waals surface area contributed by atoms with Crippen molar-refractivity contribution in [3.63, 3.8) is 0 Å². The number of amides is 1. The van der Waals surface area contributed by atoms with E-state index in [4.69, 9.17) is 13.8 Å². The minimum Gasteiger partial charge on any atom is -0.756 e. The van der Waals surface area contributed by atoms with Crippen molar-refractivity contribution in [1.29, 1.82) is 0 Å². The van der Waals surface area contributed by atoms with Crippen LogP contribution >= 0.6 is 7.82 Å². The van der Waals surface area contributed by atoms with Crippen LogP contribution in [-0.2, 0) is 27.9 Å². The molecule has 10 heteroatoms. The van der Waals surface area contributed by atoms with Gasteiger partial charge < -0.3 is 28.5 Å². The second kappa shape index (κ2) is 52.2. The number of rotatable bonds is 57. The Balaban J connectivity index is 5.22. The van der Waals surface area contributed by atoms with E-state index in [9.17, 15) is 19.0 Å². The van der Waals surface area contributed by atoms with Gasteiger partial charge in [0.05, 0.1) is 33.8 Å². The standard InChI is InChI=1S/C61H121N2O7P/c1-7-10-13-16-19-22-25-28-29-30-31-32-33-36-39-42-45-48-51-54-61(65)70-59(52-49-46-43-40-37-34-26-23-20-17-14-11-8-2)58(57-69-71(66,67)68-56-55-63(4,5)6)62-60(64)53-50-47-44-41-38-35-27-24-21-18-15-12-9-3/h49,52,58-59H,7-48,50-51,53-57H2,1-6H3,(H-,62,64,66,67)/b52-49-. The van der Waals surface area contributed by atoms with Crippen molar-refractivity contribution < 1.29 is 37.3 Å². The molecule has 0 aromatic heterocycles. The van der Waals surface area contributed by atoms with E-state index in [0.29, 0.717) is 17.4 Å². The van der Waals surface area contributed by atoms with Gasteiger partial charge in [0, 0.05) is 12.8 Å². The van der Waals surface area contributed by atoms with E-state index in [1.165, 1.54) is 225 Å². The molecule has 1 N–H and O–H groups in total. The van der Waals surface area contributed by atoms with Crippen LogP contribution in [0.25, 0.3) is 0 Å². The number of carbonyl (C=O) groups excluding carboxylic acids is 2. The lowest BCUT2D eigenvalue weighted by Crippen LogP contribution is -2.47. The summed E-state index contributed by atoms with van der Waals surface area (Å²) in [6.45, 7) is 6.89. The van der Waals surface area contributed by atoms with Gasteiger partial charge in [0.15, 0.2) is 0 Å². The SMILES string of the molecule is CCCCCCCCCCCCC/C=C\C(OC(=O)CCCCCCCCCCCCCCCCCCCCC)C(COP(=O)([O-])OCC[N+](C)(C)C)NC(=O)CCCCCCCCCCCCCCC. The highest BCUT2D eigenvalue weighted by atomic mass is 31.2. The maximum atomic E-state index is 13.5. The van der Waals surface area contributed by atoms with E-state index >= 15 is 0 Å². The summed E-state index contributed by atoms with van der Waals surface area (Å²) in [5, 5.41) is 3.03. The Kier molecular flexibility index (Phi) is 51.3. The number of likely N-dealkylation sites (N-methyl/N-ethyl adjacent to an activating group) is 1. The largest absolute Gasteiger partial charge is 0.756 e. The molecule has 0 aromatic carbocycles. The maximum absolute atomic E-state index is 13.5. The minimum absolute atomic E-state index is 0.0168. The highest BCUT2D eigenvalue weighted by Gasteiger charge is 2.27. The molecule has 0 saturated carbocycles. The summed E-state index contributed by atoms with van der Waals surface area (Å²) < 4.78 is 30.3. The van der Waals surface area contributed by atoms with E-state index < -0.39 is 20.0 Å². The summed E-state index contributed by atoms with van der Waals surface area (Å²) in [4.78, 5) is 39.9. The van der Waals surface area contributed by atoms with Crippen molar-refractivity contribution >= 4 is 19.7 Å². The molecule has 0 aliphatic heterocycles. The summed E-state index contributed by atoms with van der Waals surface area (Å²) in [6, 6.07) is -0.878. The first-order chi connectivity index (χ1) is 34.4. The van der Waals surface area contributed by atoms with Crippen molar-refractivity contribution in [2.45, 2.75) is 328 Å². The van der Waals surface area contributed by atoms with Crippen LogP contribution in [0.15, 0.2) is 12.2 Å². The number of nitrogens with zero attached hydrogens (tertiary/aromatic N) is 1. The number of hydrogen-bond acceptors (Lipinski definition) is 7. The molecule has 0 aliphatic carbocycles. The predicted octanol–water partition coefficient (Wildman–Crippen LogP) is 18.2. The Bertz CT molecular complexity index is 1230. The first kappa shape index (κ1) is 69.8. The Hall–Kier alpha value is -1.25. The molecule has 0 aromatic rings. The third-order valence-electron chi connectivity index (χ3n) is 14.2. The Morgan fingerprint density at radius 1 is 0.479 bits per heavy atom. The molecule has 0 heterocycles. The van der Waals surface area contributed by atoms with Gasteiger partial charge in [-0.1, -0.05) is 284 Å². The third-order valence-corrected chi connectivity index (χ3v) is 15.2. The Morgan fingerprint density at radius 3 is 1.15 bits per heavy atom. The van der Waals surface area contributed by atoms with Crippen LogP contribution in [0.4, 0.5) is 0 Å². The zero-order chi connectivity index (χ0) is 52.2. The summed E-state index contributed by atoms with van der Waals surface area (Å²) in [7, 11) is 1.21. The highest BCUT2D eigenvalue weighted by molar-refractivity contribution is 7.45. The first-order valence-electron chi connectivity index (χ1n) is 31.0. The van der Waals surface area contributed by atoms with Crippen LogP contribution in [0, 0.1) is 0 Å². The van der Waals surface area contributed by atoms with Crippen LogP contribution in [0.2, 0.25) is 0 Å². The van der Waals surface area contributed by atoms with Crippen LogP contribution in [0.1, 0.15) is 316 Å². The smallest absolute Gasteiger partial charge is 0.306 e. The maximum Gasteiger partial charge on any atom is 0.306 e. The summed E-state index contributed by atoms with van der Waals surface area (Å²) in [5.74, 6) is -0.520. The zero-order valence-corrected chi connectivity index (χ0v) is 49.1. The molecule has 71 heavy (non-hydrogen) atoms. The number of nitrogens with one attached hydrogen (secondary N) is 1. The quantitative estimate of drug-likeness (QED) is 0.0212. The molecule has 1 amide bonds. The Labute approximate surface area is 441 Å². The molecule has 0 saturated heterocycles. The summed E-state index contributed by atoms with van der Waals surface area (Å²) in [5.41, 5.74) is 0. The van der Waals surface area contributed by atoms with Gasteiger partial charge in [0.25, 0.3) is 7.82 Å². The van der Waals surface area contributed by atoms with Crippen LogP contribution in [-0.4, -0.2) is 69.4 Å². The van der Waals surface area contributed by atoms with Crippen molar-refractivity contribution in [3.8, 4) is 0 Å². The van der Waals surface area contributed by atoms with Gasteiger partial charge in [-0.05, 0) is 31.8 Å². The molecule has 0 fully saturated rings. The molecule has 3 unspecified atom stereocenters.